The summed E-state index contributed by atoms with van der Waals surface area (Å²) in [6, 6.07) is 0.346. The highest BCUT2D eigenvalue weighted by atomic mass is 32.2. The number of thioether (sulfide) groups is 1. The SMILES string of the molecule is Cc1csc(SC2CCC(NC(=O)CN3CCOCC3)CC2)n1. The van der Waals surface area contributed by atoms with Gasteiger partial charge in [-0.15, -0.1) is 11.3 Å². The van der Waals surface area contributed by atoms with Crippen LogP contribution in [0.3, 0.4) is 0 Å². The molecule has 0 radical (unpaired) electrons. The Hall–Kier alpha value is -0.630. The van der Waals surface area contributed by atoms with Crippen molar-refractivity contribution in [3.05, 3.63) is 11.1 Å². The van der Waals surface area contributed by atoms with Crippen LogP contribution in [-0.2, 0) is 9.53 Å². The minimum atomic E-state index is 0.165. The second-order valence-electron chi connectivity index (χ2n) is 6.30. The van der Waals surface area contributed by atoms with Gasteiger partial charge < -0.3 is 10.1 Å². The van der Waals surface area contributed by atoms with Crippen molar-refractivity contribution in [2.75, 3.05) is 32.8 Å². The predicted octanol–water partition coefficient (Wildman–Crippen LogP) is 2.30. The zero-order valence-corrected chi connectivity index (χ0v) is 15.3. The molecule has 0 spiro atoms. The van der Waals surface area contributed by atoms with Crippen molar-refractivity contribution in [1.82, 2.24) is 15.2 Å². The fourth-order valence-electron chi connectivity index (χ4n) is 3.09. The monoisotopic (exact) mass is 355 g/mol. The molecule has 3 rings (SSSR count). The molecule has 1 saturated carbocycles. The van der Waals surface area contributed by atoms with Gasteiger partial charge in [0, 0.05) is 35.5 Å². The molecule has 2 heterocycles. The van der Waals surface area contributed by atoms with Gasteiger partial charge in [0.2, 0.25) is 5.91 Å². The van der Waals surface area contributed by atoms with E-state index in [0.29, 0.717) is 17.8 Å². The van der Waals surface area contributed by atoms with E-state index in [2.05, 4.69) is 20.6 Å². The van der Waals surface area contributed by atoms with Crippen molar-refractivity contribution < 1.29 is 9.53 Å². The van der Waals surface area contributed by atoms with Gasteiger partial charge in [-0.2, -0.15) is 0 Å². The van der Waals surface area contributed by atoms with Gasteiger partial charge >= 0.3 is 0 Å². The van der Waals surface area contributed by atoms with Gasteiger partial charge in [0.1, 0.15) is 4.34 Å². The molecule has 2 aliphatic rings. The molecule has 128 valence electrons. The van der Waals surface area contributed by atoms with E-state index < -0.39 is 0 Å². The summed E-state index contributed by atoms with van der Waals surface area (Å²) >= 11 is 3.65. The maximum atomic E-state index is 12.1. The summed E-state index contributed by atoms with van der Waals surface area (Å²) in [5, 5.41) is 5.97. The topological polar surface area (TPSA) is 54.5 Å². The third-order valence-electron chi connectivity index (χ3n) is 4.38. The Balaban J connectivity index is 1.36. The first-order chi connectivity index (χ1) is 11.2. The maximum absolute atomic E-state index is 12.1. The van der Waals surface area contributed by atoms with Crippen molar-refractivity contribution >= 4 is 29.0 Å². The number of ether oxygens (including phenoxy) is 1. The largest absolute Gasteiger partial charge is 0.379 e. The van der Waals surface area contributed by atoms with Crippen LogP contribution in [0.5, 0.6) is 0 Å². The van der Waals surface area contributed by atoms with Crippen LogP contribution in [0, 0.1) is 6.92 Å². The van der Waals surface area contributed by atoms with Crippen molar-refractivity contribution in [1.29, 1.82) is 0 Å². The summed E-state index contributed by atoms with van der Waals surface area (Å²) in [5.41, 5.74) is 1.11. The highest BCUT2D eigenvalue weighted by molar-refractivity contribution is 8.01. The van der Waals surface area contributed by atoms with Crippen molar-refractivity contribution in [3.63, 3.8) is 0 Å². The van der Waals surface area contributed by atoms with E-state index in [1.54, 1.807) is 11.3 Å². The van der Waals surface area contributed by atoms with Crippen LogP contribution in [0.4, 0.5) is 0 Å². The first-order valence-electron chi connectivity index (χ1n) is 8.37. The fourth-order valence-corrected chi connectivity index (χ4v) is 5.38. The number of carbonyl (C=O) groups is 1. The number of morpholine rings is 1. The number of hydrogen-bond donors (Lipinski definition) is 1. The molecule has 1 saturated heterocycles. The number of carbonyl (C=O) groups excluding carboxylic acids is 1. The van der Waals surface area contributed by atoms with Crippen LogP contribution >= 0.6 is 23.1 Å². The molecule has 1 aromatic rings. The quantitative estimate of drug-likeness (QED) is 0.878. The van der Waals surface area contributed by atoms with Crippen LogP contribution in [0.2, 0.25) is 0 Å². The standard InChI is InChI=1S/C16H25N3O2S2/c1-12-11-22-16(17-12)23-14-4-2-13(3-5-14)18-15(20)10-19-6-8-21-9-7-19/h11,13-14H,2-10H2,1H3,(H,18,20). The molecule has 5 nitrogen and oxygen atoms in total. The summed E-state index contributed by atoms with van der Waals surface area (Å²) in [6.45, 7) is 5.77. The number of hydrogen-bond acceptors (Lipinski definition) is 6. The number of nitrogens with one attached hydrogen (secondary N) is 1. The van der Waals surface area contributed by atoms with E-state index in [1.165, 1.54) is 4.34 Å². The normalized spacial score (nSPS) is 26.1. The average molecular weight is 356 g/mol. The number of thiazole rings is 1. The second kappa shape index (κ2) is 8.46. The number of amides is 1. The van der Waals surface area contributed by atoms with Crippen LogP contribution in [0.15, 0.2) is 9.72 Å². The van der Waals surface area contributed by atoms with Crippen LogP contribution in [0.1, 0.15) is 31.4 Å². The van der Waals surface area contributed by atoms with Gasteiger partial charge in [0.05, 0.1) is 19.8 Å². The van der Waals surface area contributed by atoms with E-state index in [0.717, 1.165) is 57.7 Å². The van der Waals surface area contributed by atoms with E-state index in [-0.39, 0.29) is 5.91 Å². The van der Waals surface area contributed by atoms with Crippen LogP contribution < -0.4 is 5.32 Å². The first kappa shape index (κ1) is 17.2. The van der Waals surface area contributed by atoms with Gasteiger partial charge in [-0.25, -0.2) is 4.98 Å². The number of nitrogens with zero attached hydrogens (tertiary/aromatic N) is 2. The Morgan fingerprint density at radius 2 is 2.13 bits per heavy atom. The highest BCUT2D eigenvalue weighted by Crippen LogP contribution is 2.35. The van der Waals surface area contributed by atoms with Gasteiger partial charge in [-0.05, 0) is 32.6 Å². The summed E-state index contributed by atoms with van der Waals surface area (Å²) in [7, 11) is 0. The van der Waals surface area contributed by atoms with Crippen molar-refractivity contribution in [3.8, 4) is 0 Å². The van der Waals surface area contributed by atoms with E-state index in [1.807, 2.05) is 18.7 Å². The predicted molar refractivity (Wildman–Crippen MR) is 94.2 cm³/mol. The maximum Gasteiger partial charge on any atom is 0.234 e. The lowest BCUT2D eigenvalue weighted by Gasteiger charge is -2.30. The van der Waals surface area contributed by atoms with Gasteiger partial charge in [-0.3, -0.25) is 9.69 Å². The molecule has 0 unspecified atom stereocenters. The smallest absolute Gasteiger partial charge is 0.234 e. The second-order valence-corrected chi connectivity index (χ2v) is 8.71. The fraction of sp³-hybridized carbons (Fsp3) is 0.750. The Kier molecular flexibility index (Phi) is 6.33. The molecule has 7 heteroatoms. The molecule has 1 amide bonds. The zero-order valence-electron chi connectivity index (χ0n) is 13.6. The zero-order chi connectivity index (χ0) is 16.1. The lowest BCUT2D eigenvalue weighted by atomic mass is 9.95. The Morgan fingerprint density at radius 1 is 1.39 bits per heavy atom. The molecule has 23 heavy (non-hydrogen) atoms. The van der Waals surface area contributed by atoms with E-state index >= 15 is 0 Å². The first-order valence-corrected chi connectivity index (χ1v) is 10.1. The average Bonchev–Trinajstić information content (AvgIpc) is 2.95. The van der Waals surface area contributed by atoms with Crippen molar-refractivity contribution in [2.24, 2.45) is 0 Å². The summed E-state index contributed by atoms with van der Waals surface area (Å²) in [6.07, 6.45) is 4.48. The number of aryl methyl sites for hydroxylation is 1. The van der Waals surface area contributed by atoms with E-state index in [4.69, 9.17) is 4.74 Å². The third-order valence-corrected chi connectivity index (χ3v) is 6.80. The minimum absolute atomic E-state index is 0.165. The summed E-state index contributed by atoms with van der Waals surface area (Å²) in [5.74, 6) is 0.165. The van der Waals surface area contributed by atoms with Gasteiger partial charge in [-0.1, -0.05) is 11.8 Å². The highest BCUT2D eigenvalue weighted by Gasteiger charge is 2.24. The Labute approximate surface area is 146 Å². The van der Waals surface area contributed by atoms with Crippen LogP contribution in [0.25, 0.3) is 0 Å². The number of aromatic nitrogens is 1. The Bertz CT molecular complexity index is 509. The number of rotatable bonds is 5. The molecule has 0 aromatic carbocycles. The third kappa shape index (κ3) is 5.45. The lowest BCUT2D eigenvalue weighted by molar-refractivity contribution is -0.124. The minimum Gasteiger partial charge on any atom is -0.379 e. The molecule has 0 atom stereocenters. The molecule has 0 bridgehead atoms. The van der Waals surface area contributed by atoms with Gasteiger partial charge in [0.15, 0.2) is 0 Å². The van der Waals surface area contributed by atoms with E-state index in [9.17, 15) is 4.79 Å². The van der Waals surface area contributed by atoms with Gasteiger partial charge in [0.25, 0.3) is 0 Å². The molecular weight excluding hydrogens is 330 g/mol. The Morgan fingerprint density at radius 3 is 2.78 bits per heavy atom. The molecular formula is C16H25N3O2S2. The summed E-state index contributed by atoms with van der Waals surface area (Å²) < 4.78 is 6.50. The lowest BCUT2D eigenvalue weighted by Crippen LogP contribution is -2.46. The molecule has 1 aliphatic carbocycles. The van der Waals surface area contributed by atoms with Crippen LogP contribution in [-0.4, -0.2) is 59.9 Å². The summed E-state index contributed by atoms with van der Waals surface area (Å²) in [4.78, 5) is 18.9. The molecule has 2 fully saturated rings. The van der Waals surface area contributed by atoms with Crippen molar-refractivity contribution in [2.45, 2.75) is 48.2 Å². The molecule has 1 aliphatic heterocycles. The molecule has 1 aromatic heterocycles. The molecule has 1 N–H and O–H groups in total.